The van der Waals surface area contributed by atoms with Gasteiger partial charge in [-0.1, -0.05) is 30.7 Å². The van der Waals surface area contributed by atoms with Crippen LogP contribution in [0.4, 0.5) is 10.7 Å². The zero-order chi connectivity index (χ0) is 25.8. The van der Waals surface area contributed by atoms with Crippen molar-refractivity contribution < 1.29 is 19.1 Å². The summed E-state index contributed by atoms with van der Waals surface area (Å²) >= 11 is 2.87. The molecule has 36 heavy (non-hydrogen) atoms. The van der Waals surface area contributed by atoms with E-state index in [0.717, 1.165) is 40.2 Å². The summed E-state index contributed by atoms with van der Waals surface area (Å²) in [6.45, 7) is 6.00. The van der Waals surface area contributed by atoms with Gasteiger partial charge in [0.1, 0.15) is 5.00 Å². The monoisotopic (exact) mass is 522 g/mol. The normalized spacial score (nSPS) is 15.5. The number of thioether (sulfide) groups is 1. The molecular formula is C28H30N2O4S2. The molecule has 188 valence electrons. The van der Waals surface area contributed by atoms with Gasteiger partial charge in [-0.3, -0.25) is 9.59 Å². The Kier molecular flexibility index (Phi) is 8.16. The lowest BCUT2D eigenvalue weighted by Crippen LogP contribution is -2.23. The summed E-state index contributed by atoms with van der Waals surface area (Å²) in [5.41, 5.74) is 3.84. The summed E-state index contributed by atoms with van der Waals surface area (Å²) in [7, 11) is 1.37. The van der Waals surface area contributed by atoms with Crippen molar-refractivity contribution in [1.29, 1.82) is 0 Å². The van der Waals surface area contributed by atoms with E-state index in [4.69, 9.17) is 4.74 Å². The maximum absolute atomic E-state index is 13.1. The molecule has 1 heterocycles. The van der Waals surface area contributed by atoms with E-state index in [1.165, 1.54) is 30.2 Å². The molecule has 3 aromatic rings. The van der Waals surface area contributed by atoms with Gasteiger partial charge in [0.05, 0.1) is 17.9 Å². The fourth-order valence-electron chi connectivity index (χ4n) is 4.18. The van der Waals surface area contributed by atoms with Crippen molar-refractivity contribution in [3.05, 3.63) is 75.7 Å². The quantitative estimate of drug-likeness (QED) is 0.279. The highest BCUT2D eigenvalue weighted by atomic mass is 32.2. The first kappa shape index (κ1) is 26.0. The third-order valence-electron chi connectivity index (χ3n) is 6.23. The molecule has 1 aliphatic rings. The number of benzene rings is 2. The van der Waals surface area contributed by atoms with E-state index < -0.39 is 11.2 Å². The number of rotatable bonds is 7. The molecule has 0 fully saturated rings. The van der Waals surface area contributed by atoms with Gasteiger partial charge >= 0.3 is 5.97 Å². The van der Waals surface area contributed by atoms with E-state index in [1.54, 1.807) is 12.1 Å². The number of carbonyl (C=O) groups excluding carboxylic acids is 3. The second-order valence-corrected chi connectivity index (χ2v) is 11.7. The van der Waals surface area contributed by atoms with E-state index in [9.17, 15) is 14.4 Å². The number of fused-ring (bicyclic) bond motifs is 1. The molecule has 0 saturated heterocycles. The third-order valence-corrected chi connectivity index (χ3v) is 8.49. The Balaban J connectivity index is 1.44. The third kappa shape index (κ3) is 5.99. The fraction of sp³-hybridized carbons (Fsp3) is 0.321. The smallest absolute Gasteiger partial charge is 0.341 e. The molecule has 0 saturated carbocycles. The van der Waals surface area contributed by atoms with Crippen LogP contribution in [-0.2, 0) is 22.4 Å². The largest absolute Gasteiger partial charge is 0.465 e. The first-order valence-corrected chi connectivity index (χ1v) is 13.6. The predicted molar refractivity (Wildman–Crippen MR) is 146 cm³/mol. The molecule has 2 atom stereocenters. The molecule has 2 N–H and O–H groups in total. The molecule has 2 unspecified atom stereocenters. The molecule has 0 aliphatic heterocycles. The van der Waals surface area contributed by atoms with E-state index in [-0.39, 0.29) is 11.8 Å². The summed E-state index contributed by atoms with van der Waals surface area (Å²) in [5, 5.41) is 6.04. The topological polar surface area (TPSA) is 84.5 Å². The maximum Gasteiger partial charge on any atom is 0.341 e. The Bertz CT molecular complexity index is 1280. The van der Waals surface area contributed by atoms with Crippen LogP contribution >= 0.6 is 23.1 Å². The number of carbonyl (C=O) groups is 3. The molecule has 2 aromatic carbocycles. The van der Waals surface area contributed by atoms with Gasteiger partial charge < -0.3 is 15.4 Å². The maximum atomic E-state index is 13.1. The van der Waals surface area contributed by atoms with Gasteiger partial charge in [0.2, 0.25) is 5.91 Å². The Morgan fingerprint density at radius 2 is 1.86 bits per heavy atom. The van der Waals surface area contributed by atoms with E-state index in [1.807, 2.05) is 50.2 Å². The number of aryl methyl sites for hydroxylation is 1. The van der Waals surface area contributed by atoms with Crippen LogP contribution < -0.4 is 10.6 Å². The lowest BCUT2D eigenvalue weighted by atomic mass is 9.88. The Morgan fingerprint density at radius 1 is 1.11 bits per heavy atom. The van der Waals surface area contributed by atoms with Crippen LogP contribution in [0, 0.1) is 12.8 Å². The van der Waals surface area contributed by atoms with Crippen LogP contribution in [0.15, 0.2) is 53.4 Å². The van der Waals surface area contributed by atoms with Crippen molar-refractivity contribution >= 4 is 51.6 Å². The minimum Gasteiger partial charge on any atom is -0.465 e. The SMILES string of the molecule is COC(=O)c1c(NC(=O)C(C)Sc2cccc(NC(=O)c3ccc(C)cc3)c2)sc2c1CCC(C)C2. The van der Waals surface area contributed by atoms with Crippen molar-refractivity contribution in [2.45, 2.75) is 50.2 Å². The van der Waals surface area contributed by atoms with Crippen molar-refractivity contribution in [2.75, 3.05) is 17.7 Å². The van der Waals surface area contributed by atoms with Crippen LogP contribution in [0.25, 0.3) is 0 Å². The zero-order valence-electron chi connectivity index (χ0n) is 20.8. The van der Waals surface area contributed by atoms with Gasteiger partial charge in [-0.15, -0.1) is 23.1 Å². The number of thiophene rings is 1. The van der Waals surface area contributed by atoms with Crippen LogP contribution in [0.5, 0.6) is 0 Å². The number of anilines is 2. The van der Waals surface area contributed by atoms with Gasteiger partial charge in [-0.25, -0.2) is 4.79 Å². The molecule has 2 amide bonds. The van der Waals surface area contributed by atoms with E-state index >= 15 is 0 Å². The van der Waals surface area contributed by atoms with Crippen LogP contribution in [-0.4, -0.2) is 30.1 Å². The molecule has 0 radical (unpaired) electrons. The van der Waals surface area contributed by atoms with Gasteiger partial charge in [0.25, 0.3) is 5.91 Å². The lowest BCUT2D eigenvalue weighted by Gasteiger charge is -2.18. The molecule has 0 spiro atoms. The van der Waals surface area contributed by atoms with Crippen molar-refractivity contribution in [1.82, 2.24) is 0 Å². The number of esters is 1. The molecule has 6 nitrogen and oxygen atoms in total. The summed E-state index contributed by atoms with van der Waals surface area (Å²) in [6, 6.07) is 14.8. The first-order chi connectivity index (χ1) is 17.2. The molecule has 1 aliphatic carbocycles. The van der Waals surface area contributed by atoms with Crippen molar-refractivity contribution in [3.63, 3.8) is 0 Å². The number of hydrogen-bond acceptors (Lipinski definition) is 6. The first-order valence-electron chi connectivity index (χ1n) is 11.9. The molecule has 4 rings (SSSR count). The van der Waals surface area contributed by atoms with Gasteiger partial charge in [-0.2, -0.15) is 0 Å². The standard InChI is InChI=1S/C28H30N2O4S2/c1-16-8-11-19(12-9-16)26(32)29-20-6-5-7-21(15-20)35-18(3)25(31)30-27-24(28(33)34-4)22-13-10-17(2)14-23(22)36-27/h5-9,11-12,15,17-18H,10,13-14H2,1-4H3,(H,29,32)(H,30,31). The van der Waals surface area contributed by atoms with Crippen LogP contribution in [0.2, 0.25) is 0 Å². The van der Waals surface area contributed by atoms with E-state index in [0.29, 0.717) is 27.7 Å². The second-order valence-electron chi connectivity index (χ2n) is 9.14. The predicted octanol–water partition coefficient (Wildman–Crippen LogP) is 6.34. The fourth-order valence-corrected chi connectivity index (χ4v) is 6.51. The number of nitrogens with one attached hydrogen (secondary N) is 2. The minimum absolute atomic E-state index is 0.186. The Morgan fingerprint density at radius 3 is 2.58 bits per heavy atom. The van der Waals surface area contributed by atoms with Gasteiger partial charge in [-0.05, 0) is 74.9 Å². The minimum atomic E-state index is -0.420. The summed E-state index contributed by atoms with van der Waals surface area (Å²) < 4.78 is 5.03. The summed E-state index contributed by atoms with van der Waals surface area (Å²) in [4.78, 5) is 40.2. The van der Waals surface area contributed by atoms with Gasteiger partial charge in [0.15, 0.2) is 0 Å². The highest BCUT2D eigenvalue weighted by molar-refractivity contribution is 8.00. The number of methoxy groups -OCH3 is 1. The Labute approximate surface area is 219 Å². The number of amides is 2. The summed E-state index contributed by atoms with van der Waals surface area (Å²) in [6.07, 6.45) is 2.74. The highest BCUT2D eigenvalue weighted by Gasteiger charge is 2.29. The average Bonchev–Trinajstić information content (AvgIpc) is 3.20. The van der Waals surface area contributed by atoms with Crippen LogP contribution in [0.3, 0.4) is 0 Å². The molecule has 0 bridgehead atoms. The second kappa shape index (κ2) is 11.3. The molecular weight excluding hydrogens is 492 g/mol. The molecule has 8 heteroatoms. The van der Waals surface area contributed by atoms with Crippen molar-refractivity contribution in [3.8, 4) is 0 Å². The lowest BCUT2D eigenvalue weighted by molar-refractivity contribution is -0.115. The number of ether oxygens (including phenoxy) is 1. The van der Waals surface area contributed by atoms with Crippen LogP contribution in [0.1, 0.15) is 57.0 Å². The molecule has 1 aromatic heterocycles. The zero-order valence-corrected chi connectivity index (χ0v) is 22.5. The summed E-state index contributed by atoms with van der Waals surface area (Å²) in [5.74, 6) is -0.228. The van der Waals surface area contributed by atoms with E-state index in [2.05, 4.69) is 17.6 Å². The average molecular weight is 523 g/mol. The van der Waals surface area contributed by atoms with Gasteiger partial charge in [0, 0.05) is 21.0 Å². The highest BCUT2D eigenvalue weighted by Crippen LogP contribution is 2.40. The Hall–Kier alpha value is -3.10. The van der Waals surface area contributed by atoms with Crippen molar-refractivity contribution in [2.24, 2.45) is 5.92 Å². The number of hydrogen-bond donors (Lipinski definition) is 2.